The number of amides is 3. The molecule has 1 saturated heterocycles. The van der Waals surface area contributed by atoms with Crippen molar-refractivity contribution in [1.29, 1.82) is 5.26 Å². The van der Waals surface area contributed by atoms with Crippen LogP contribution >= 0.6 is 11.6 Å². The van der Waals surface area contributed by atoms with Crippen molar-refractivity contribution in [2.45, 2.75) is 38.9 Å². The average Bonchev–Trinajstić information content (AvgIpc) is 3.19. The fourth-order valence-corrected chi connectivity index (χ4v) is 4.09. The Morgan fingerprint density at radius 3 is 2.73 bits per heavy atom. The number of aliphatic imine (C=N–C) groups is 1. The molecule has 4 rings (SSSR count). The van der Waals surface area contributed by atoms with Crippen LogP contribution in [0.15, 0.2) is 41.4 Å². The van der Waals surface area contributed by atoms with Crippen molar-refractivity contribution in [1.82, 2.24) is 20.9 Å². The van der Waals surface area contributed by atoms with Crippen molar-refractivity contribution in [2.24, 2.45) is 4.99 Å². The summed E-state index contributed by atoms with van der Waals surface area (Å²) in [5, 5.41) is 16.9. The number of aryl methyl sites for hydroxylation is 1. The first-order chi connectivity index (χ1) is 15.8. The van der Waals surface area contributed by atoms with E-state index in [9.17, 15) is 14.4 Å². The lowest BCUT2D eigenvalue weighted by Gasteiger charge is -2.29. The fraction of sp³-hybridized carbons (Fsp3) is 0.261. The van der Waals surface area contributed by atoms with Crippen LogP contribution in [0.4, 0.5) is 5.69 Å². The topological polar surface area (TPSA) is 127 Å². The van der Waals surface area contributed by atoms with Crippen molar-refractivity contribution in [3.05, 3.63) is 63.7 Å². The Hall–Kier alpha value is -3.74. The summed E-state index contributed by atoms with van der Waals surface area (Å²) >= 11 is 6.13. The summed E-state index contributed by atoms with van der Waals surface area (Å²) in [5.41, 5.74) is 3.73. The van der Waals surface area contributed by atoms with Crippen LogP contribution in [0.2, 0.25) is 5.02 Å². The molecule has 1 fully saturated rings. The van der Waals surface area contributed by atoms with E-state index in [1.807, 2.05) is 17.9 Å². The number of hydrogen-bond acceptors (Lipinski definition) is 6. The van der Waals surface area contributed by atoms with Crippen LogP contribution in [0.5, 0.6) is 0 Å². The van der Waals surface area contributed by atoms with Gasteiger partial charge in [0.25, 0.3) is 5.91 Å². The Labute approximate surface area is 195 Å². The van der Waals surface area contributed by atoms with Gasteiger partial charge >= 0.3 is 0 Å². The summed E-state index contributed by atoms with van der Waals surface area (Å²) in [7, 11) is 0. The summed E-state index contributed by atoms with van der Waals surface area (Å²) in [6, 6.07) is 10.1. The lowest BCUT2D eigenvalue weighted by molar-refractivity contribution is -0.137. The molecule has 33 heavy (non-hydrogen) atoms. The molecular weight excluding hydrogens is 444 g/mol. The maximum atomic E-state index is 12.8. The van der Waals surface area contributed by atoms with Gasteiger partial charge in [0.2, 0.25) is 17.8 Å². The van der Waals surface area contributed by atoms with E-state index in [0.717, 1.165) is 16.7 Å². The standard InChI is InChI=1S/C23H21ClN6O3/c1-13-2-5-17(9-18(13)24)27-23(26-12-25)29-21(32)14-3-4-15-10-30(11-16(15)8-14)19-6-7-20(31)28-22(19)33/h2-5,8-9,19H,6-7,10-11H2,1H3,(H,28,31,33)(H2,26,27,29,32). The largest absolute Gasteiger partial charge is 0.295 e. The molecule has 0 aliphatic carbocycles. The van der Waals surface area contributed by atoms with Crippen LogP contribution in [0, 0.1) is 18.4 Å². The SMILES string of the molecule is Cc1ccc(N=C(NC#N)NC(=O)c2ccc3c(c2)CN(C2CCC(=O)NC2=O)C3)cc1Cl. The van der Waals surface area contributed by atoms with Gasteiger partial charge in [-0.3, -0.25) is 35.2 Å². The monoisotopic (exact) mass is 464 g/mol. The third kappa shape index (κ3) is 5.03. The van der Waals surface area contributed by atoms with Gasteiger partial charge in [0, 0.05) is 30.1 Å². The van der Waals surface area contributed by atoms with Crippen LogP contribution in [0.25, 0.3) is 0 Å². The number of imide groups is 1. The van der Waals surface area contributed by atoms with E-state index in [4.69, 9.17) is 16.9 Å². The molecule has 0 spiro atoms. The molecule has 2 aliphatic heterocycles. The van der Waals surface area contributed by atoms with Crippen molar-refractivity contribution in [3.8, 4) is 6.19 Å². The minimum atomic E-state index is -0.433. The molecular formula is C23H21ClN6O3. The highest BCUT2D eigenvalue weighted by molar-refractivity contribution is 6.31. The van der Waals surface area contributed by atoms with Crippen LogP contribution in [0.1, 0.15) is 39.9 Å². The molecule has 1 unspecified atom stereocenters. The Bertz CT molecular complexity index is 1220. The number of carbonyl (C=O) groups is 3. The predicted molar refractivity (Wildman–Crippen MR) is 121 cm³/mol. The van der Waals surface area contributed by atoms with Gasteiger partial charge in [-0.05, 0) is 54.3 Å². The number of rotatable bonds is 3. The normalized spacial score (nSPS) is 18.3. The lowest BCUT2D eigenvalue weighted by atomic mass is 10.0. The van der Waals surface area contributed by atoms with Crippen LogP contribution < -0.4 is 16.0 Å². The zero-order valence-corrected chi connectivity index (χ0v) is 18.6. The van der Waals surface area contributed by atoms with Gasteiger partial charge in [0.15, 0.2) is 6.19 Å². The first-order valence-electron chi connectivity index (χ1n) is 10.3. The second kappa shape index (κ2) is 9.40. The number of halogens is 1. The minimum Gasteiger partial charge on any atom is -0.295 e. The Balaban J connectivity index is 1.48. The molecule has 2 aromatic carbocycles. The molecule has 2 aliphatic rings. The predicted octanol–water partition coefficient (Wildman–Crippen LogP) is 2.26. The summed E-state index contributed by atoms with van der Waals surface area (Å²) in [6.07, 6.45) is 2.56. The number of fused-ring (bicyclic) bond motifs is 1. The van der Waals surface area contributed by atoms with Crippen molar-refractivity contribution in [3.63, 3.8) is 0 Å². The van der Waals surface area contributed by atoms with Gasteiger partial charge in [0.1, 0.15) is 0 Å². The molecule has 168 valence electrons. The van der Waals surface area contributed by atoms with Gasteiger partial charge in [-0.25, -0.2) is 4.99 Å². The summed E-state index contributed by atoms with van der Waals surface area (Å²) in [4.78, 5) is 42.7. The number of nitrogens with one attached hydrogen (secondary N) is 3. The average molecular weight is 465 g/mol. The van der Waals surface area contributed by atoms with Gasteiger partial charge in [-0.1, -0.05) is 23.7 Å². The third-order valence-electron chi connectivity index (χ3n) is 5.67. The quantitative estimate of drug-likeness (QED) is 0.210. The Morgan fingerprint density at radius 2 is 2.00 bits per heavy atom. The molecule has 2 aromatic rings. The van der Waals surface area contributed by atoms with Crippen LogP contribution in [-0.2, 0) is 22.7 Å². The highest BCUT2D eigenvalue weighted by Gasteiger charge is 2.34. The van der Waals surface area contributed by atoms with E-state index in [1.54, 1.807) is 36.5 Å². The van der Waals surface area contributed by atoms with Crippen molar-refractivity contribution in [2.75, 3.05) is 0 Å². The molecule has 2 heterocycles. The number of hydrogen-bond donors (Lipinski definition) is 3. The molecule has 1 atom stereocenters. The number of nitriles is 1. The van der Waals surface area contributed by atoms with E-state index >= 15 is 0 Å². The summed E-state index contributed by atoms with van der Waals surface area (Å²) < 4.78 is 0. The maximum Gasteiger partial charge on any atom is 0.257 e. The molecule has 0 saturated carbocycles. The fourth-order valence-electron chi connectivity index (χ4n) is 3.91. The molecule has 0 radical (unpaired) electrons. The highest BCUT2D eigenvalue weighted by Crippen LogP contribution is 2.28. The summed E-state index contributed by atoms with van der Waals surface area (Å²) in [5.74, 6) is -0.981. The lowest BCUT2D eigenvalue weighted by Crippen LogP contribution is -2.50. The smallest absolute Gasteiger partial charge is 0.257 e. The van der Waals surface area contributed by atoms with E-state index in [2.05, 4.69) is 20.9 Å². The van der Waals surface area contributed by atoms with E-state index in [-0.39, 0.29) is 23.8 Å². The van der Waals surface area contributed by atoms with Crippen molar-refractivity contribution < 1.29 is 14.4 Å². The Morgan fingerprint density at radius 1 is 1.21 bits per heavy atom. The maximum absolute atomic E-state index is 12.8. The number of carbonyl (C=O) groups excluding carboxylic acids is 3. The molecule has 9 nitrogen and oxygen atoms in total. The number of nitrogens with zero attached hydrogens (tertiary/aromatic N) is 3. The molecule has 3 amide bonds. The van der Waals surface area contributed by atoms with Gasteiger partial charge < -0.3 is 0 Å². The van der Waals surface area contributed by atoms with E-state index < -0.39 is 5.91 Å². The van der Waals surface area contributed by atoms with E-state index in [1.165, 1.54) is 0 Å². The first-order valence-corrected chi connectivity index (χ1v) is 10.7. The first kappa shape index (κ1) is 22.5. The highest BCUT2D eigenvalue weighted by atomic mass is 35.5. The second-order valence-electron chi connectivity index (χ2n) is 7.94. The van der Waals surface area contributed by atoms with Crippen molar-refractivity contribution >= 4 is 41.0 Å². The molecule has 0 aromatic heterocycles. The van der Waals surface area contributed by atoms with Gasteiger partial charge in [0.05, 0.1) is 11.7 Å². The number of piperidine rings is 1. The molecule has 10 heteroatoms. The van der Waals surface area contributed by atoms with Gasteiger partial charge in [-0.2, -0.15) is 5.26 Å². The zero-order chi connectivity index (χ0) is 23.5. The number of benzene rings is 2. The van der Waals surface area contributed by atoms with Crippen LogP contribution in [0.3, 0.4) is 0 Å². The molecule has 0 bridgehead atoms. The minimum absolute atomic E-state index is 0.0203. The second-order valence-corrected chi connectivity index (χ2v) is 8.35. The third-order valence-corrected chi connectivity index (χ3v) is 6.08. The Kier molecular flexibility index (Phi) is 6.40. The van der Waals surface area contributed by atoms with Crippen LogP contribution in [-0.4, -0.2) is 34.6 Å². The molecule has 3 N–H and O–H groups in total. The van der Waals surface area contributed by atoms with Gasteiger partial charge in [-0.15, -0.1) is 0 Å². The number of guanidine groups is 1. The van der Waals surface area contributed by atoms with E-state index in [0.29, 0.717) is 42.2 Å². The zero-order valence-electron chi connectivity index (χ0n) is 17.8. The summed E-state index contributed by atoms with van der Waals surface area (Å²) in [6.45, 7) is 2.93.